The molecule has 2 aromatic rings. The van der Waals surface area contributed by atoms with Gasteiger partial charge in [-0.25, -0.2) is 0 Å². The third-order valence-corrected chi connectivity index (χ3v) is 6.25. The molecule has 0 aromatic heterocycles. The predicted octanol–water partition coefficient (Wildman–Crippen LogP) is 6.13. The molecule has 0 unspecified atom stereocenters. The summed E-state index contributed by atoms with van der Waals surface area (Å²) in [6.45, 7) is 12.3. The monoisotopic (exact) mass is 484 g/mol. The number of benzene rings is 2. The van der Waals surface area contributed by atoms with Gasteiger partial charge < -0.3 is 24.1 Å². The molecular weight excluding hydrogens is 440 g/mol. The molecule has 1 N–H and O–H groups in total. The molecule has 0 bridgehead atoms. The first-order chi connectivity index (χ1) is 16.7. The Morgan fingerprint density at radius 1 is 0.829 bits per heavy atom. The Bertz CT molecular complexity index is 833. The lowest BCUT2D eigenvalue weighted by Crippen LogP contribution is -2.60. The molecule has 35 heavy (non-hydrogen) atoms. The van der Waals surface area contributed by atoms with Crippen molar-refractivity contribution in [3.63, 3.8) is 0 Å². The van der Waals surface area contributed by atoms with E-state index in [1.54, 1.807) is 0 Å². The lowest BCUT2D eigenvalue weighted by molar-refractivity contribution is -0.319. The van der Waals surface area contributed by atoms with Crippen LogP contribution >= 0.6 is 0 Å². The van der Waals surface area contributed by atoms with Crippen LogP contribution in [0, 0.1) is 11.3 Å². The zero-order valence-corrected chi connectivity index (χ0v) is 22.1. The van der Waals surface area contributed by atoms with E-state index in [1.165, 1.54) is 0 Å². The fourth-order valence-electron chi connectivity index (χ4n) is 4.39. The molecule has 1 heterocycles. The molecule has 5 heteroatoms. The lowest BCUT2D eigenvalue weighted by atomic mass is 9.90. The fourth-order valence-corrected chi connectivity index (χ4v) is 4.39. The first-order valence-electron chi connectivity index (χ1n) is 13.0. The zero-order chi connectivity index (χ0) is 25.3. The van der Waals surface area contributed by atoms with E-state index in [4.69, 9.17) is 18.9 Å². The Hall–Kier alpha value is -1.76. The SMILES string of the molecule is CC(C)C[C@H]1O[C@H](OCc2ccccc2)[C@H](OCc2ccccc2)[C@@H](OCCCC(C)(C)C)[C@@H]1O. The van der Waals surface area contributed by atoms with E-state index >= 15 is 0 Å². The summed E-state index contributed by atoms with van der Waals surface area (Å²) in [6, 6.07) is 20.1. The summed E-state index contributed by atoms with van der Waals surface area (Å²) in [4.78, 5) is 0. The summed E-state index contributed by atoms with van der Waals surface area (Å²) < 4.78 is 25.3. The molecule has 0 saturated carbocycles. The van der Waals surface area contributed by atoms with Crippen LogP contribution in [0.3, 0.4) is 0 Å². The van der Waals surface area contributed by atoms with Crippen LogP contribution in [0.1, 0.15) is 65.0 Å². The molecule has 1 aliphatic rings. The molecule has 0 spiro atoms. The Labute approximate surface area is 211 Å². The van der Waals surface area contributed by atoms with Crippen molar-refractivity contribution in [2.24, 2.45) is 11.3 Å². The van der Waals surface area contributed by atoms with Gasteiger partial charge in [0.1, 0.15) is 18.3 Å². The third kappa shape index (κ3) is 9.32. The van der Waals surface area contributed by atoms with Crippen molar-refractivity contribution >= 4 is 0 Å². The molecule has 2 aromatic carbocycles. The number of aliphatic hydroxyl groups is 1. The lowest BCUT2D eigenvalue weighted by Gasteiger charge is -2.44. The molecule has 0 radical (unpaired) electrons. The van der Waals surface area contributed by atoms with E-state index in [0.717, 1.165) is 30.4 Å². The van der Waals surface area contributed by atoms with Gasteiger partial charge in [0.2, 0.25) is 0 Å². The summed E-state index contributed by atoms with van der Waals surface area (Å²) in [6.07, 6.45) is -0.194. The first-order valence-corrected chi connectivity index (χ1v) is 13.0. The molecule has 1 saturated heterocycles. The van der Waals surface area contributed by atoms with E-state index in [9.17, 15) is 5.11 Å². The van der Waals surface area contributed by atoms with Gasteiger partial charge in [0.05, 0.1) is 19.3 Å². The van der Waals surface area contributed by atoms with Crippen LogP contribution in [0.4, 0.5) is 0 Å². The Balaban J connectivity index is 1.77. The van der Waals surface area contributed by atoms with Crippen LogP contribution in [-0.4, -0.2) is 42.4 Å². The topological polar surface area (TPSA) is 57.2 Å². The minimum atomic E-state index is -0.788. The van der Waals surface area contributed by atoms with Crippen LogP contribution < -0.4 is 0 Å². The van der Waals surface area contributed by atoms with Crippen molar-refractivity contribution in [1.29, 1.82) is 0 Å². The second kappa shape index (κ2) is 13.5. The second-order valence-electron chi connectivity index (χ2n) is 11.2. The van der Waals surface area contributed by atoms with Gasteiger partial charge in [-0.2, -0.15) is 0 Å². The van der Waals surface area contributed by atoms with Gasteiger partial charge in [-0.15, -0.1) is 0 Å². The summed E-state index contributed by atoms with van der Waals surface area (Å²) >= 11 is 0. The van der Waals surface area contributed by atoms with Gasteiger partial charge in [0, 0.05) is 6.61 Å². The fraction of sp³-hybridized carbons (Fsp3) is 0.600. The molecular formula is C30H44O5. The van der Waals surface area contributed by atoms with Crippen LogP contribution in [0.25, 0.3) is 0 Å². The largest absolute Gasteiger partial charge is 0.388 e. The highest BCUT2D eigenvalue weighted by molar-refractivity contribution is 5.14. The molecule has 0 amide bonds. The van der Waals surface area contributed by atoms with Gasteiger partial charge >= 0.3 is 0 Å². The average Bonchev–Trinajstić information content (AvgIpc) is 2.82. The van der Waals surface area contributed by atoms with Crippen molar-refractivity contribution < 1.29 is 24.1 Å². The standard InChI is InChI=1S/C30H44O5/c1-22(2)19-25-26(31)27(32-18-12-17-30(3,4)5)28(33-20-23-13-8-6-9-14-23)29(35-25)34-21-24-15-10-7-11-16-24/h6-11,13-16,22,25-29,31H,12,17-21H2,1-5H3/t25-,26-,27+,28-,29+/m1/s1. The minimum absolute atomic E-state index is 0.238. The maximum absolute atomic E-state index is 11.3. The number of aliphatic hydroxyl groups excluding tert-OH is 1. The highest BCUT2D eigenvalue weighted by Crippen LogP contribution is 2.31. The van der Waals surface area contributed by atoms with Gasteiger partial charge in [0.15, 0.2) is 6.29 Å². The van der Waals surface area contributed by atoms with Crippen LogP contribution in [0.5, 0.6) is 0 Å². The molecule has 1 aliphatic heterocycles. The molecule has 1 fully saturated rings. The van der Waals surface area contributed by atoms with Gasteiger partial charge in [-0.1, -0.05) is 95.3 Å². The normalized spacial score (nSPS) is 25.2. The first kappa shape index (κ1) is 27.8. The van der Waals surface area contributed by atoms with Crippen molar-refractivity contribution in [2.45, 2.75) is 97.8 Å². The summed E-state index contributed by atoms with van der Waals surface area (Å²) in [5, 5.41) is 11.3. The number of hydrogen-bond acceptors (Lipinski definition) is 5. The maximum atomic E-state index is 11.3. The van der Waals surface area contributed by atoms with Gasteiger partial charge in [0.25, 0.3) is 0 Å². The van der Waals surface area contributed by atoms with Crippen molar-refractivity contribution in [1.82, 2.24) is 0 Å². The van der Waals surface area contributed by atoms with Crippen molar-refractivity contribution in [3.8, 4) is 0 Å². The second-order valence-corrected chi connectivity index (χ2v) is 11.2. The number of ether oxygens (including phenoxy) is 4. The van der Waals surface area contributed by atoms with E-state index in [0.29, 0.717) is 25.7 Å². The molecule has 0 aliphatic carbocycles. The highest BCUT2D eigenvalue weighted by Gasteiger charge is 2.47. The van der Waals surface area contributed by atoms with Gasteiger partial charge in [-0.3, -0.25) is 0 Å². The maximum Gasteiger partial charge on any atom is 0.187 e. The Kier molecular flexibility index (Phi) is 10.7. The van der Waals surface area contributed by atoms with E-state index in [1.807, 2.05) is 60.7 Å². The summed E-state index contributed by atoms with van der Waals surface area (Å²) in [5.74, 6) is 0.368. The van der Waals surface area contributed by atoms with Crippen molar-refractivity contribution in [2.75, 3.05) is 6.61 Å². The Morgan fingerprint density at radius 2 is 1.40 bits per heavy atom. The quantitative estimate of drug-likeness (QED) is 0.367. The predicted molar refractivity (Wildman–Crippen MR) is 139 cm³/mol. The van der Waals surface area contributed by atoms with Gasteiger partial charge in [-0.05, 0) is 41.7 Å². The summed E-state index contributed by atoms with van der Waals surface area (Å²) in [7, 11) is 0. The van der Waals surface area contributed by atoms with Crippen LogP contribution in [0.2, 0.25) is 0 Å². The Morgan fingerprint density at radius 3 is 1.94 bits per heavy atom. The smallest absolute Gasteiger partial charge is 0.187 e. The van der Waals surface area contributed by atoms with E-state index < -0.39 is 24.6 Å². The average molecular weight is 485 g/mol. The number of rotatable bonds is 12. The van der Waals surface area contributed by atoms with Crippen molar-refractivity contribution in [3.05, 3.63) is 71.8 Å². The molecule has 3 rings (SSSR count). The van der Waals surface area contributed by atoms with Crippen LogP contribution in [0.15, 0.2) is 60.7 Å². The molecule has 5 atom stereocenters. The third-order valence-electron chi connectivity index (χ3n) is 6.25. The highest BCUT2D eigenvalue weighted by atomic mass is 16.7. The molecule has 194 valence electrons. The summed E-state index contributed by atoms with van der Waals surface area (Å²) in [5.41, 5.74) is 2.36. The van der Waals surface area contributed by atoms with E-state index in [2.05, 4.69) is 34.6 Å². The van der Waals surface area contributed by atoms with E-state index in [-0.39, 0.29) is 11.5 Å². The van der Waals surface area contributed by atoms with Crippen LogP contribution in [-0.2, 0) is 32.2 Å². The zero-order valence-electron chi connectivity index (χ0n) is 22.1. The molecule has 5 nitrogen and oxygen atoms in total. The number of hydrogen-bond donors (Lipinski definition) is 1. The minimum Gasteiger partial charge on any atom is -0.388 e.